The van der Waals surface area contributed by atoms with E-state index in [1.165, 1.54) is 74.7 Å². The Hall–Kier alpha value is -12.6. The molecular formula is C84H85F4N13O12. The van der Waals surface area contributed by atoms with Crippen LogP contribution >= 0.6 is 0 Å². The maximum absolute atomic E-state index is 14.4. The third-order valence-electron chi connectivity index (χ3n) is 18.9. The number of amidine groups is 1. The summed E-state index contributed by atoms with van der Waals surface area (Å²) < 4.78 is 86.3. The molecule has 2 atom stereocenters. The second kappa shape index (κ2) is 37.9. The van der Waals surface area contributed by atoms with Gasteiger partial charge in [0.05, 0.1) is 128 Å². The number of ketones is 1. The number of aliphatic imine (C=N–C) groups is 1. The van der Waals surface area contributed by atoms with Crippen LogP contribution in [0.2, 0.25) is 0 Å². The third kappa shape index (κ3) is 20.1. The Bertz CT molecular complexity index is 5440. The first-order valence-corrected chi connectivity index (χ1v) is 36.7. The maximum atomic E-state index is 14.4. The average molecular weight is 1540 g/mol. The van der Waals surface area contributed by atoms with Gasteiger partial charge in [-0.1, -0.05) is 60.7 Å². The number of fused-ring (bicyclic) bond motifs is 5. The van der Waals surface area contributed by atoms with Crippen LogP contribution in [0.1, 0.15) is 101 Å². The zero-order valence-electron chi connectivity index (χ0n) is 62.7. The molecule has 0 aliphatic carbocycles. The third-order valence-corrected chi connectivity index (χ3v) is 18.9. The number of rotatable bonds is 24. The number of halogens is 4. The molecule has 3 aliphatic rings. The van der Waals surface area contributed by atoms with Crippen LogP contribution in [-0.4, -0.2) is 191 Å². The molecule has 2 unspecified atom stereocenters. The molecule has 113 heavy (non-hydrogen) atoms. The van der Waals surface area contributed by atoms with E-state index >= 15 is 0 Å². The molecule has 0 radical (unpaired) electrons. The highest BCUT2D eigenvalue weighted by molar-refractivity contribution is 6.07. The van der Waals surface area contributed by atoms with Crippen LogP contribution in [0, 0.1) is 23.3 Å². The van der Waals surface area contributed by atoms with Crippen LogP contribution in [0.4, 0.5) is 17.6 Å². The quantitative estimate of drug-likeness (QED) is 0.0200. The molecule has 25 nitrogen and oxygen atoms in total. The standard InChI is InChI=1S/C24H29FN4O4.C21H22N2O4.C20H18FN3O3.C19H16F2N4O/c1-32-23-19(24(31)26-14-18(30)15-29-10-12-33-13-11-29)7-9-21-22(23)20(27-28-21)8-4-16-2-5-17(25)6-3-16;1-3-26-21(24)15-6-8-17-19(20(15)25-2)16(22-23-17)7-4-13-5-9-18-14(12-13)10-11-27-18;1-12(25)11-22-20(26)15-8-10-17-18(19(15)27-2)16(23-24-17)9-5-13-3-6-14(21)7-4-13;20-13-4-1-11(2-5-13)3-6-17-15-7-12(8-16(21)18(15)25-24-17)19-22-9-14(26)10-23-19/h2-3,5-7,9,18,30H,4,8,10-15H2,1H3,(H,26,31)(H,27,28);5-6,8-9,12H,3-4,7,10-11H2,1-2H3,(H,22,23);3-10H,11H2,1-2H3,(H,22,26)(H,23,24);1-8,14,26H,9-10H2,(H,22,23)(H,24,25)/b;;9-5+;6-3+. The summed E-state index contributed by atoms with van der Waals surface area (Å²) in [6.07, 6.45) is 9.83. The van der Waals surface area contributed by atoms with Crippen LogP contribution in [0.5, 0.6) is 23.0 Å². The molecule has 15 rings (SSSR count). The predicted octanol–water partition coefficient (Wildman–Crippen LogP) is 11.3. The van der Waals surface area contributed by atoms with Crippen molar-refractivity contribution < 1.29 is 75.4 Å². The van der Waals surface area contributed by atoms with Gasteiger partial charge >= 0.3 is 5.97 Å². The topological polar surface area (TPSA) is 331 Å². The normalized spacial score (nSPS) is 14.2. The highest BCUT2D eigenvalue weighted by Gasteiger charge is 2.26. The van der Waals surface area contributed by atoms with Crippen molar-refractivity contribution in [1.29, 1.82) is 0 Å². The predicted molar refractivity (Wildman–Crippen MR) is 421 cm³/mol. The van der Waals surface area contributed by atoms with E-state index in [1.807, 2.05) is 12.1 Å². The van der Waals surface area contributed by atoms with Crippen molar-refractivity contribution in [2.24, 2.45) is 4.99 Å². The number of esters is 1. The summed E-state index contributed by atoms with van der Waals surface area (Å²) in [5, 5.41) is 59.9. The van der Waals surface area contributed by atoms with Gasteiger partial charge in [0, 0.05) is 61.5 Å². The van der Waals surface area contributed by atoms with E-state index < -0.39 is 23.9 Å². The highest BCUT2D eigenvalue weighted by atomic mass is 19.1. The van der Waals surface area contributed by atoms with Gasteiger partial charge in [-0.05, 0) is 170 Å². The summed E-state index contributed by atoms with van der Waals surface area (Å²) in [5.74, 6) is 0.277. The first-order valence-electron chi connectivity index (χ1n) is 36.7. The van der Waals surface area contributed by atoms with Crippen LogP contribution in [0.3, 0.4) is 0 Å². The second-order valence-corrected chi connectivity index (χ2v) is 26.7. The zero-order valence-corrected chi connectivity index (χ0v) is 62.7. The number of ether oxygens (including phenoxy) is 6. The minimum Gasteiger partial charge on any atom is -0.495 e. The number of hydrogen-bond acceptors (Lipinski definition) is 19. The fourth-order valence-corrected chi connectivity index (χ4v) is 13.2. The number of H-pyrrole nitrogens is 4. The summed E-state index contributed by atoms with van der Waals surface area (Å²) in [6, 6.07) is 38.3. The van der Waals surface area contributed by atoms with Gasteiger partial charge in [0.1, 0.15) is 63.1 Å². The number of methoxy groups -OCH3 is 3. The summed E-state index contributed by atoms with van der Waals surface area (Å²) in [6.45, 7) is 8.35. The number of aliphatic hydroxyl groups is 2. The van der Waals surface area contributed by atoms with Crippen LogP contribution in [-0.2, 0) is 46.4 Å². The van der Waals surface area contributed by atoms with E-state index in [0.717, 1.165) is 89.1 Å². The molecule has 4 aromatic heterocycles. The fourth-order valence-electron chi connectivity index (χ4n) is 13.2. The van der Waals surface area contributed by atoms with Gasteiger partial charge in [0.25, 0.3) is 11.8 Å². The van der Waals surface area contributed by atoms with Gasteiger partial charge < -0.3 is 54.6 Å². The number of hydrogen-bond donors (Lipinski definition) is 9. The Kier molecular flexibility index (Phi) is 26.8. The fraction of sp³-hybridized carbons (Fsp3) is 0.274. The molecule has 12 aromatic rings. The number of aromatic amines is 4. The van der Waals surface area contributed by atoms with E-state index in [4.69, 9.17) is 28.4 Å². The number of aryl methyl sites for hydroxylation is 4. The molecule has 586 valence electrons. The second-order valence-electron chi connectivity index (χ2n) is 26.7. The first kappa shape index (κ1) is 80.0. The Labute approximate surface area is 646 Å². The number of nitrogens with zero attached hydrogens (tertiary/aromatic N) is 6. The average Bonchev–Trinajstić information content (AvgIpc) is 1.68. The highest BCUT2D eigenvalue weighted by Crippen LogP contribution is 2.36. The van der Waals surface area contributed by atoms with Crippen molar-refractivity contribution >= 4 is 97.3 Å². The molecule has 7 heterocycles. The lowest BCUT2D eigenvalue weighted by molar-refractivity contribution is -0.116. The van der Waals surface area contributed by atoms with E-state index in [2.05, 4.69) is 78.8 Å². The number of morpholine rings is 1. The van der Waals surface area contributed by atoms with Crippen LogP contribution in [0.15, 0.2) is 145 Å². The van der Waals surface area contributed by atoms with Crippen molar-refractivity contribution in [3.63, 3.8) is 0 Å². The number of Topliss-reactive ketones (excluding diaryl/α,β-unsaturated/α-hetero) is 1. The number of aromatic nitrogens is 8. The van der Waals surface area contributed by atoms with E-state index in [9.17, 15) is 47.0 Å². The molecule has 9 N–H and O–H groups in total. The molecule has 0 bridgehead atoms. The number of nitrogens with one attached hydrogen (secondary N) is 7. The van der Waals surface area contributed by atoms with Crippen molar-refractivity contribution in [2.75, 3.05) is 93.6 Å². The lowest BCUT2D eigenvalue weighted by Gasteiger charge is -2.28. The van der Waals surface area contributed by atoms with E-state index in [0.29, 0.717) is 124 Å². The lowest BCUT2D eigenvalue weighted by Crippen LogP contribution is -2.44. The zero-order chi connectivity index (χ0) is 79.5. The molecular weight excluding hydrogens is 1460 g/mol. The molecule has 3 aliphatic heterocycles. The van der Waals surface area contributed by atoms with Crippen molar-refractivity contribution in [3.05, 3.63) is 236 Å². The Balaban J connectivity index is 0.000000140. The van der Waals surface area contributed by atoms with Crippen LogP contribution < -0.4 is 34.9 Å². The van der Waals surface area contributed by atoms with Gasteiger partial charge in [0.2, 0.25) is 0 Å². The number of benzene rings is 8. The molecule has 0 spiro atoms. The minimum atomic E-state index is -0.679. The largest absolute Gasteiger partial charge is 0.495 e. The Morgan fingerprint density at radius 2 is 1.15 bits per heavy atom. The van der Waals surface area contributed by atoms with Gasteiger partial charge in [-0.25, -0.2) is 22.4 Å². The molecule has 29 heteroatoms. The Morgan fingerprint density at radius 3 is 1.74 bits per heavy atom. The molecule has 8 aromatic carbocycles. The van der Waals surface area contributed by atoms with Gasteiger partial charge in [0.15, 0.2) is 5.82 Å². The van der Waals surface area contributed by atoms with Gasteiger partial charge in [-0.3, -0.25) is 44.7 Å². The molecule has 0 saturated carbocycles. The summed E-state index contributed by atoms with van der Waals surface area (Å²) in [5.41, 5.74) is 12.3. The smallest absolute Gasteiger partial charge is 0.341 e. The van der Waals surface area contributed by atoms with E-state index in [-0.39, 0.29) is 60.3 Å². The summed E-state index contributed by atoms with van der Waals surface area (Å²) in [7, 11) is 4.56. The first-order chi connectivity index (χ1) is 54.8. The number of β-amino-alcohol motifs (C(OH)–C–C–N with tert-alkyl or cyclic N) is 2. The molecule has 2 amide bonds. The number of carbonyl (C=O) groups is 4. The van der Waals surface area contributed by atoms with Gasteiger partial charge in [-0.15, -0.1) is 0 Å². The lowest BCUT2D eigenvalue weighted by atomic mass is 10.0. The Morgan fingerprint density at radius 1 is 0.611 bits per heavy atom. The summed E-state index contributed by atoms with van der Waals surface area (Å²) in [4.78, 5) is 55.0. The minimum absolute atomic E-state index is 0.0528. The van der Waals surface area contributed by atoms with Gasteiger partial charge in [-0.2, -0.15) is 20.4 Å². The number of carbonyl (C=O) groups excluding carboxylic acids is 4. The van der Waals surface area contributed by atoms with Crippen molar-refractivity contribution in [1.82, 2.24) is 61.6 Å². The SMILES string of the molecule is CCOC(=O)c1ccc2n[nH]c(CCc3ccc4c(c3)CCO4)c2c1OC.COc1c(C(=O)NCC(C)=O)ccc2n[nH]c(/C=C/c3ccc(F)cc3)c12.COc1c(C(=O)NCC(O)CN2CCOCC2)ccc2n[nH]c(CCc3ccc(F)cc3)c12.OC1CN=C(c2cc(F)c3n[nH]c(/C=C/c4ccc(F)cc4)c3c2)NC1. The van der Waals surface area contributed by atoms with Crippen molar-refractivity contribution in [3.8, 4) is 23.0 Å². The number of amides is 2. The summed E-state index contributed by atoms with van der Waals surface area (Å²) >= 11 is 0. The maximum Gasteiger partial charge on any atom is 0.341 e. The number of aliphatic hydroxyl groups excluding tert-OH is 2. The monoisotopic (exact) mass is 1540 g/mol. The van der Waals surface area contributed by atoms with E-state index in [1.54, 1.807) is 111 Å². The molecule has 1 fully saturated rings. The molecule has 1 saturated heterocycles. The van der Waals surface area contributed by atoms with Crippen LogP contribution in [0.25, 0.3) is 67.9 Å². The van der Waals surface area contributed by atoms with Crippen molar-refractivity contribution in [2.45, 2.75) is 58.2 Å².